The van der Waals surface area contributed by atoms with Gasteiger partial charge in [-0.15, -0.1) is 0 Å². The van der Waals surface area contributed by atoms with Gasteiger partial charge in [-0.3, -0.25) is 4.79 Å². The molecular weight excluding hydrogens is 442 g/mol. The Morgan fingerprint density at radius 1 is 0.667 bits per heavy atom. The molecule has 3 heteroatoms. The van der Waals surface area contributed by atoms with Crippen LogP contribution in [0.4, 0.5) is 5.69 Å². The van der Waals surface area contributed by atoms with E-state index in [1.165, 1.54) is 0 Å². The van der Waals surface area contributed by atoms with Crippen molar-refractivity contribution in [1.29, 1.82) is 0 Å². The highest BCUT2D eigenvalue weighted by atomic mass is 16.5. The highest BCUT2D eigenvalue weighted by Crippen LogP contribution is 2.39. The first-order valence-electron chi connectivity index (χ1n) is 12.3. The van der Waals surface area contributed by atoms with Gasteiger partial charge in [0, 0.05) is 16.5 Å². The van der Waals surface area contributed by atoms with E-state index < -0.39 is 5.41 Å². The molecule has 3 nitrogen and oxygen atoms in total. The van der Waals surface area contributed by atoms with E-state index in [0.717, 1.165) is 38.9 Å². The summed E-state index contributed by atoms with van der Waals surface area (Å²) in [7, 11) is 0. The number of carbonyl (C=O) groups excluding carboxylic acids is 1. The predicted molar refractivity (Wildman–Crippen MR) is 148 cm³/mol. The predicted octanol–water partition coefficient (Wildman–Crippen LogP) is 7.41. The molecular formula is C33H29NO2. The fourth-order valence-corrected chi connectivity index (χ4v) is 4.95. The van der Waals surface area contributed by atoms with E-state index in [1.54, 1.807) is 0 Å². The molecule has 0 saturated carbocycles. The lowest BCUT2D eigenvalue weighted by Crippen LogP contribution is -2.43. The zero-order valence-corrected chi connectivity index (χ0v) is 20.4. The van der Waals surface area contributed by atoms with Gasteiger partial charge >= 0.3 is 0 Å². The Balaban J connectivity index is 1.67. The quantitative estimate of drug-likeness (QED) is 0.256. The molecule has 5 aromatic rings. The van der Waals surface area contributed by atoms with Crippen molar-refractivity contribution in [2.75, 3.05) is 11.9 Å². The molecule has 0 atom stereocenters. The summed E-state index contributed by atoms with van der Waals surface area (Å²) in [6.07, 6.45) is 0.530. The van der Waals surface area contributed by atoms with Crippen molar-refractivity contribution < 1.29 is 9.53 Å². The first-order valence-corrected chi connectivity index (χ1v) is 12.3. The van der Waals surface area contributed by atoms with Gasteiger partial charge in [0.25, 0.3) is 0 Å². The van der Waals surface area contributed by atoms with E-state index in [9.17, 15) is 4.79 Å². The SMILES string of the molecule is CCOc1ccc(NC(=O)C(Cc2ccccc2)(c2ccccc2)c2ccccc2)c2ccccc12. The molecule has 1 N–H and O–H groups in total. The van der Waals surface area contributed by atoms with Gasteiger partial charge in [0.2, 0.25) is 5.91 Å². The zero-order valence-electron chi connectivity index (χ0n) is 20.4. The van der Waals surface area contributed by atoms with Gasteiger partial charge in [0.1, 0.15) is 11.2 Å². The van der Waals surface area contributed by atoms with Crippen LogP contribution in [-0.2, 0) is 16.6 Å². The van der Waals surface area contributed by atoms with Gasteiger partial charge in [0.15, 0.2) is 0 Å². The summed E-state index contributed by atoms with van der Waals surface area (Å²) in [6.45, 7) is 2.56. The monoisotopic (exact) mass is 471 g/mol. The number of ether oxygens (including phenoxy) is 1. The second kappa shape index (κ2) is 10.5. The number of amides is 1. The Labute approximate surface area is 212 Å². The molecule has 0 radical (unpaired) electrons. The number of carbonyl (C=O) groups is 1. The summed E-state index contributed by atoms with van der Waals surface area (Å²) >= 11 is 0. The van der Waals surface area contributed by atoms with E-state index in [-0.39, 0.29) is 5.91 Å². The summed E-state index contributed by atoms with van der Waals surface area (Å²) in [5, 5.41) is 5.25. The van der Waals surface area contributed by atoms with Crippen molar-refractivity contribution in [3.05, 3.63) is 144 Å². The minimum absolute atomic E-state index is 0.0712. The highest BCUT2D eigenvalue weighted by molar-refractivity contribution is 6.08. The van der Waals surface area contributed by atoms with Crippen LogP contribution in [0, 0.1) is 0 Å². The van der Waals surface area contributed by atoms with E-state index in [2.05, 4.69) is 17.4 Å². The molecule has 0 bridgehead atoms. The lowest BCUT2D eigenvalue weighted by molar-refractivity contribution is -0.120. The third-order valence-electron chi connectivity index (χ3n) is 6.67. The number of nitrogens with one attached hydrogen (secondary N) is 1. The Morgan fingerprint density at radius 3 is 1.78 bits per heavy atom. The van der Waals surface area contributed by atoms with Crippen molar-refractivity contribution in [1.82, 2.24) is 0 Å². The lowest BCUT2D eigenvalue weighted by Gasteiger charge is -2.34. The zero-order chi connectivity index (χ0) is 24.8. The Morgan fingerprint density at radius 2 is 1.19 bits per heavy atom. The first-order chi connectivity index (χ1) is 17.7. The van der Waals surface area contributed by atoms with Crippen LogP contribution in [0.15, 0.2) is 127 Å². The molecule has 1 amide bonds. The van der Waals surface area contributed by atoms with Gasteiger partial charge in [-0.2, -0.15) is 0 Å². The molecule has 36 heavy (non-hydrogen) atoms. The third-order valence-corrected chi connectivity index (χ3v) is 6.67. The minimum atomic E-state index is -0.927. The number of anilines is 1. The van der Waals surface area contributed by atoms with Gasteiger partial charge in [-0.05, 0) is 42.2 Å². The Kier molecular flexibility index (Phi) is 6.81. The molecule has 0 saturated heterocycles. The summed E-state index contributed by atoms with van der Waals surface area (Å²) in [5.41, 5.74) is 2.84. The standard InChI is InChI=1S/C33H29NO2/c1-2-36-31-23-22-30(28-20-12-13-21-29(28)31)34-32(35)33(26-16-8-4-9-17-26,27-18-10-5-11-19-27)24-25-14-6-3-7-15-25/h3-23H,2,24H2,1H3,(H,34,35). The Bertz CT molecular complexity index is 1410. The van der Waals surface area contributed by atoms with Crippen LogP contribution in [0.25, 0.3) is 10.8 Å². The molecule has 0 aromatic heterocycles. The van der Waals surface area contributed by atoms with E-state index in [1.807, 2.05) is 122 Å². The summed E-state index contributed by atoms with van der Waals surface area (Å²) in [4.78, 5) is 14.6. The number of hydrogen-bond acceptors (Lipinski definition) is 2. The Hall–Kier alpha value is -4.37. The molecule has 0 unspecified atom stereocenters. The molecule has 0 heterocycles. The van der Waals surface area contributed by atoms with Crippen LogP contribution in [0.1, 0.15) is 23.6 Å². The molecule has 0 aliphatic carbocycles. The van der Waals surface area contributed by atoms with Crippen molar-refractivity contribution in [3.8, 4) is 5.75 Å². The normalized spacial score (nSPS) is 11.2. The van der Waals surface area contributed by atoms with Crippen molar-refractivity contribution in [2.24, 2.45) is 0 Å². The maximum Gasteiger partial charge on any atom is 0.239 e. The first kappa shape index (κ1) is 23.4. The average Bonchev–Trinajstić information content (AvgIpc) is 2.94. The third kappa shape index (κ3) is 4.48. The lowest BCUT2D eigenvalue weighted by atomic mass is 9.69. The van der Waals surface area contributed by atoms with Crippen molar-refractivity contribution >= 4 is 22.4 Å². The van der Waals surface area contributed by atoms with Crippen LogP contribution in [-0.4, -0.2) is 12.5 Å². The summed E-state index contributed by atoms with van der Waals surface area (Å²) in [5.74, 6) is 0.742. The molecule has 5 aromatic carbocycles. The van der Waals surface area contributed by atoms with Crippen LogP contribution in [0.5, 0.6) is 5.75 Å². The maximum absolute atomic E-state index is 14.6. The summed E-state index contributed by atoms with van der Waals surface area (Å²) < 4.78 is 5.85. The molecule has 0 aliphatic heterocycles. The summed E-state index contributed by atoms with van der Waals surface area (Å²) in [6, 6.07) is 42.3. The molecule has 0 fully saturated rings. The van der Waals surface area contributed by atoms with Gasteiger partial charge < -0.3 is 10.1 Å². The highest BCUT2D eigenvalue weighted by Gasteiger charge is 2.42. The molecule has 0 spiro atoms. The minimum Gasteiger partial charge on any atom is -0.493 e. The van der Waals surface area contributed by atoms with Crippen molar-refractivity contribution in [3.63, 3.8) is 0 Å². The number of hydrogen-bond donors (Lipinski definition) is 1. The molecule has 0 aliphatic rings. The van der Waals surface area contributed by atoms with Crippen LogP contribution < -0.4 is 10.1 Å². The largest absolute Gasteiger partial charge is 0.493 e. The van der Waals surface area contributed by atoms with E-state index in [0.29, 0.717) is 13.0 Å². The van der Waals surface area contributed by atoms with Gasteiger partial charge in [-0.25, -0.2) is 0 Å². The fourth-order valence-electron chi connectivity index (χ4n) is 4.95. The fraction of sp³-hybridized carbons (Fsp3) is 0.121. The van der Waals surface area contributed by atoms with Crippen molar-refractivity contribution in [2.45, 2.75) is 18.8 Å². The van der Waals surface area contributed by atoms with E-state index in [4.69, 9.17) is 4.74 Å². The second-order valence-corrected chi connectivity index (χ2v) is 8.84. The average molecular weight is 472 g/mol. The second-order valence-electron chi connectivity index (χ2n) is 8.84. The topological polar surface area (TPSA) is 38.3 Å². The maximum atomic E-state index is 14.6. The smallest absolute Gasteiger partial charge is 0.239 e. The van der Waals surface area contributed by atoms with Gasteiger partial charge in [0.05, 0.1) is 6.61 Å². The van der Waals surface area contributed by atoms with Crippen LogP contribution in [0.3, 0.4) is 0 Å². The van der Waals surface area contributed by atoms with E-state index >= 15 is 0 Å². The van der Waals surface area contributed by atoms with Crippen LogP contribution in [0.2, 0.25) is 0 Å². The van der Waals surface area contributed by atoms with Gasteiger partial charge in [-0.1, -0.05) is 115 Å². The number of fused-ring (bicyclic) bond motifs is 1. The number of rotatable bonds is 8. The number of benzene rings is 5. The van der Waals surface area contributed by atoms with Crippen LogP contribution >= 0.6 is 0 Å². The molecule has 5 rings (SSSR count). The molecule has 178 valence electrons.